The normalized spacial score (nSPS) is 18.0. The van der Waals surface area contributed by atoms with Crippen molar-refractivity contribution in [2.45, 2.75) is 44.8 Å². The predicted octanol–water partition coefficient (Wildman–Crippen LogP) is 5.46. The highest BCUT2D eigenvalue weighted by atomic mass is 19.4. The van der Waals surface area contributed by atoms with Gasteiger partial charge in [0.05, 0.1) is 18.3 Å². The van der Waals surface area contributed by atoms with E-state index in [-0.39, 0.29) is 0 Å². The van der Waals surface area contributed by atoms with E-state index >= 15 is 0 Å². The van der Waals surface area contributed by atoms with Gasteiger partial charge in [-0.3, -0.25) is 9.89 Å². The molecular weight excluding hydrogens is 467 g/mol. The number of hydrogen-bond donors (Lipinski definition) is 2. The summed E-state index contributed by atoms with van der Waals surface area (Å²) >= 11 is 0. The first-order valence-electron chi connectivity index (χ1n) is 12.4. The number of nitrogens with zero attached hydrogens (tertiary/aromatic N) is 3. The van der Waals surface area contributed by atoms with Crippen LogP contribution in [0.5, 0.6) is 5.75 Å². The highest BCUT2D eigenvalue weighted by molar-refractivity contribution is 5.85. The van der Waals surface area contributed by atoms with Gasteiger partial charge in [-0.05, 0) is 73.7 Å². The Bertz CT molecular complexity index is 1240. The van der Waals surface area contributed by atoms with E-state index in [0.717, 1.165) is 79.2 Å². The number of likely N-dealkylation sites (tertiary alicyclic amines) is 1. The van der Waals surface area contributed by atoms with Crippen LogP contribution in [-0.2, 0) is 19.1 Å². The fourth-order valence-corrected chi connectivity index (χ4v) is 4.67. The Labute approximate surface area is 208 Å². The maximum absolute atomic E-state index is 12.7. The van der Waals surface area contributed by atoms with Crippen molar-refractivity contribution >= 4 is 16.9 Å². The van der Waals surface area contributed by atoms with Gasteiger partial charge in [-0.15, -0.1) is 0 Å². The lowest BCUT2D eigenvalue weighted by atomic mass is 9.99. The molecule has 5 rings (SSSR count). The Morgan fingerprint density at radius 1 is 1.08 bits per heavy atom. The van der Waals surface area contributed by atoms with Crippen molar-refractivity contribution in [3.8, 4) is 5.75 Å². The molecule has 36 heavy (non-hydrogen) atoms. The number of alkyl halides is 3. The van der Waals surface area contributed by atoms with Crippen molar-refractivity contribution < 1.29 is 17.9 Å². The molecule has 0 spiro atoms. The molecule has 9 heteroatoms. The van der Waals surface area contributed by atoms with Crippen LogP contribution in [0.4, 0.5) is 13.2 Å². The summed E-state index contributed by atoms with van der Waals surface area (Å²) in [5.74, 6) is 1.63. The van der Waals surface area contributed by atoms with Gasteiger partial charge >= 0.3 is 6.18 Å². The Balaban J connectivity index is 1.16. The minimum Gasteiger partial charge on any atom is -0.491 e. The maximum Gasteiger partial charge on any atom is 0.416 e. The molecule has 2 aliphatic heterocycles. The van der Waals surface area contributed by atoms with Crippen molar-refractivity contribution in [2.24, 2.45) is 4.99 Å². The van der Waals surface area contributed by atoms with Gasteiger partial charge in [0.1, 0.15) is 23.8 Å². The SMILES string of the molecule is FC(F)(F)c1ccc(CN=C2CCC(Cc3c[nH]c4ncc(OCCN5CCCC5)cc34)=CN2)cc1. The monoisotopic (exact) mass is 497 g/mol. The average molecular weight is 498 g/mol. The molecule has 0 bridgehead atoms. The van der Waals surface area contributed by atoms with Crippen LogP contribution >= 0.6 is 0 Å². The first-order chi connectivity index (χ1) is 17.4. The molecule has 1 fully saturated rings. The minimum absolute atomic E-state index is 0.346. The standard InChI is InChI=1S/C27H30F3N5O/c28-27(29,30)22-6-3-19(4-7-22)15-31-25-8-5-20(16-32-25)13-21-17-33-26-24(21)14-23(18-34-26)36-12-11-35-9-1-2-10-35/h3-4,6-7,14,16-18H,1-2,5,8-13,15H2,(H,31,32)(H,33,34). The number of hydrogen-bond acceptors (Lipinski definition) is 4. The lowest BCUT2D eigenvalue weighted by molar-refractivity contribution is -0.137. The molecule has 2 N–H and O–H groups in total. The number of aliphatic imine (C=N–C) groups is 1. The largest absolute Gasteiger partial charge is 0.491 e. The van der Waals surface area contributed by atoms with Gasteiger partial charge in [0.25, 0.3) is 0 Å². The summed E-state index contributed by atoms with van der Waals surface area (Å²) in [6, 6.07) is 7.22. The molecular formula is C27H30F3N5O. The Kier molecular flexibility index (Phi) is 7.27. The molecule has 0 unspecified atom stereocenters. The van der Waals surface area contributed by atoms with Crippen LogP contribution < -0.4 is 10.1 Å². The van der Waals surface area contributed by atoms with Crippen LogP contribution in [0.15, 0.2) is 59.5 Å². The summed E-state index contributed by atoms with van der Waals surface area (Å²) in [5, 5.41) is 4.32. The van der Waals surface area contributed by atoms with E-state index in [0.29, 0.717) is 13.2 Å². The van der Waals surface area contributed by atoms with Gasteiger partial charge in [0, 0.05) is 30.7 Å². The molecule has 4 heterocycles. The van der Waals surface area contributed by atoms with Gasteiger partial charge in [-0.25, -0.2) is 4.98 Å². The number of pyridine rings is 1. The number of benzene rings is 1. The van der Waals surface area contributed by atoms with Crippen LogP contribution in [0, 0.1) is 0 Å². The molecule has 1 saturated heterocycles. The van der Waals surface area contributed by atoms with E-state index in [2.05, 4.69) is 31.2 Å². The zero-order valence-electron chi connectivity index (χ0n) is 20.1. The second-order valence-corrected chi connectivity index (χ2v) is 9.36. The average Bonchev–Trinajstić information content (AvgIpc) is 3.54. The van der Waals surface area contributed by atoms with Crippen LogP contribution in [0.25, 0.3) is 11.0 Å². The number of rotatable bonds is 8. The van der Waals surface area contributed by atoms with Crippen molar-refractivity contribution in [3.63, 3.8) is 0 Å². The van der Waals surface area contributed by atoms with Crippen molar-refractivity contribution in [3.05, 3.63) is 71.2 Å². The Morgan fingerprint density at radius 3 is 2.61 bits per heavy atom. The summed E-state index contributed by atoms with van der Waals surface area (Å²) in [4.78, 5) is 14.7. The van der Waals surface area contributed by atoms with E-state index in [1.807, 2.05) is 12.4 Å². The number of aromatic nitrogens is 2. The second kappa shape index (κ2) is 10.7. The molecule has 0 radical (unpaired) electrons. The lowest BCUT2D eigenvalue weighted by Gasteiger charge is -2.17. The first kappa shape index (κ1) is 24.4. The molecule has 2 aromatic heterocycles. The topological polar surface area (TPSA) is 65.5 Å². The molecule has 1 aromatic carbocycles. The van der Waals surface area contributed by atoms with Crippen molar-refractivity contribution in [1.29, 1.82) is 0 Å². The smallest absolute Gasteiger partial charge is 0.416 e. The number of H-pyrrole nitrogens is 1. The third-order valence-electron chi connectivity index (χ3n) is 6.74. The molecule has 190 valence electrons. The molecule has 0 saturated carbocycles. The molecule has 6 nitrogen and oxygen atoms in total. The quantitative estimate of drug-likeness (QED) is 0.434. The molecule has 3 aromatic rings. The third kappa shape index (κ3) is 6.07. The van der Waals surface area contributed by atoms with E-state index in [1.165, 1.54) is 36.1 Å². The van der Waals surface area contributed by atoms with Crippen molar-refractivity contribution in [2.75, 3.05) is 26.2 Å². The van der Waals surface area contributed by atoms with Gasteiger partial charge in [0.15, 0.2) is 0 Å². The lowest BCUT2D eigenvalue weighted by Crippen LogP contribution is -2.25. The summed E-state index contributed by atoms with van der Waals surface area (Å²) in [6.07, 6.45) is 6.40. The number of aromatic amines is 1. The van der Waals surface area contributed by atoms with Crippen LogP contribution in [0.3, 0.4) is 0 Å². The molecule has 0 amide bonds. The highest BCUT2D eigenvalue weighted by Gasteiger charge is 2.29. The van der Waals surface area contributed by atoms with Crippen LogP contribution in [0.2, 0.25) is 0 Å². The Morgan fingerprint density at radius 2 is 1.89 bits per heavy atom. The van der Waals surface area contributed by atoms with E-state index < -0.39 is 11.7 Å². The number of nitrogens with one attached hydrogen (secondary N) is 2. The number of ether oxygens (including phenoxy) is 1. The van der Waals surface area contributed by atoms with E-state index in [4.69, 9.17) is 4.74 Å². The fraction of sp³-hybridized carbons (Fsp3) is 0.407. The Hall–Kier alpha value is -3.33. The third-order valence-corrected chi connectivity index (χ3v) is 6.74. The van der Waals surface area contributed by atoms with Gasteiger partial charge < -0.3 is 15.0 Å². The number of fused-ring (bicyclic) bond motifs is 1. The van der Waals surface area contributed by atoms with Gasteiger partial charge in [-0.2, -0.15) is 13.2 Å². The van der Waals surface area contributed by atoms with Gasteiger partial charge in [0.2, 0.25) is 0 Å². The number of allylic oxidation sites excluding steroid dienone is 1. The number of amidine groups is 1. The summed E-state index contributed by atoms with van der Waals surface area (Å²) in [7, 11) is 0. The van der Waals surface area contributed by atoms with Crippen LogP contribution in [0.1, 0.15) is 42.4 Å². The molecule has 2 aliphatic rings. The zero-order chi connectivity index (χ0) is 25.0. The first-order valence-corrected chi connectivity index (χ1v) is 12.4. The molecule has 0 atom stereocenters. The number of halogens is 3. The second-order valence-electron chi connectivity index (χ2n) is 9.36. The van der Waals surface area contributed by atoms with Crippen LogP contribution in [-0.4, -0.2) is 46.9 Å². The highest BCUT2D eigenvalue weighted by Crippen LogP contribution is 2.29. The minimum atomic E-state index is -4.32. The zero-order valence-corrected chi connectivity index (χ0v) is 20.1. The molecule has 0 aliphatic carbocycles. The van der Waals surface area contributed by atoms with Crippen molar-refractivity contribution in [1.82, 2.24) is 20.2 Å². The van der Waals surface area contributed by atoms with E-state index in [1.54, 1.807) is 6.20 Å². The summed E-state index contributed by atoms with van der Waals surface area (Å²) in [6.45, 7) is 4.27. The summed E-state index contributed by atoms with van der Waals surface area (Å²) in [5.41, 5.74) is 3.37. The maximum atomic E-state index is 12.7. The predicted molar refractivity (Wildman–Crippen MR) is 134 cm³/mol. The van der Waals surface area contributed by atoms with Gasteiger partial charge in [-0.1, -0.05) is 12.1 Å². The fourth-order valence-electron chi connectivity index (χ4n) is 4.67. The van der Waals surface area contributed by atoms with E-state index in [9.17, 15) is 13.2 Å². The summed E-state index contributed by atoms with van der Waals surface area (Å²) < 4.78 is 44.1.